The molecule has 0 saturated heterocycles. The summed E-state index contributed by atoms with van der Waals surface area (Å²) in [5.41, 5.74) is 0.999. The third-order valence-corrected chi connectivity index (χ3v) is 3.21. The minimum atomic E-state index is -0.500. The molecule has 2 heterocycles. The van der Waals surface area contributed by atoms with Gasteiger partial charge in [-0.05, 0) is 18.6 Å². The first-order valence-electron chi connectivity index (χ1n) is 6.36. The highest BCUT2D eigenvalue weighted by atomic mass is 16.2. The van der Waals surface area contributed by atoms with Gasteiger partial charge >= 0.3 is 0 Å². The number of hydrogen-bond acceptors (Lipinski definition) is 4. The van der Waals surface area contributed by atoms with Gasteiger partial charge in [-0.15, -0.1) is 0 Å². The Morgan fingerprint density at radius 2 is 2.05 bits per heavy atom. The third-order valence-electron chi connectivity index (χ3n) is 3.21. The zero-order valence-corrected chi connectivity index (χ0v) is 11.3. The standard InChI is InChI=1S/C15H12N4O2/c1-9-10-4-2-3-5-11(10)18-14(20)13(9)15(21)19-12-8-16-6-7-17-12/h2-8H,1H3,(H,18,20)(H,17,19,21). The topological polar surface area (TPSA) is 87.7 Å². The quantitative estimate of drug-likeness (QED) is 0.750. The molecular formula is C15H12N4O2. The summed E-state index contributed by atoms with van der Waals surface area (Å²) < 4.78 is 0. The van der Waals surface area contributed by atoms with Crippen LogP contribution in [0.4, 0.5) is 5.82 Å². The predicted octanol–water partition coefficient (Wildman–Crippen LogP) is 1.88. The number of rotatable bonds is 2. The van der Waals surface area contributed by atoms with Crippen LogP contribution in [-0.4, -0.2) is 20.9 Å². The third kappa shape index (κ3) is 2.38. The van der Waals surface area contributed by atoms with E-state index >= 15 is 0 Å². The molecule has 0 bridgehead atoms. The van der Waals surface area contributed by atoms with Crippen molar-refractivity contribution in [1.82, 2.24) is 15.0 Å². The number of carbonyl (C=O) groups is 1. The van der Waals surface area contributed by atoms with Crippen LogP contribution in [0, 0.1) is 6.92 Å². The number of nitrogens with zero attached hydrogens (tertiary/aromatic N) is 2. The molecule has 104 valence electrons. The van der Waals surface area contributed by atoms with Crippen LogP contribution in [0.1, 0.15) is 15.9 Å². The second-order valence-electron chi connectivity index (χ2n) is 4.54. The van der Waals surface area contributed by atoms with Crippen molar-refractivity contribution in [1.29, 1.82) is 0 Å². The molecule has 0 spiro atoms. The van der Waals surface area contributed by atoms with E-state index in [1.807, 2.05) is 18.2 Å². The largest absolute Gasteiger partial charge is 0.321 e. The lowest BCUT2D eigenvalue weighted by Gasteiger charge is -2.08. The number of carbonyl (C=O) groups excluding carboxylic acids is 1. The number of anilines is 1. The molecule has 1 aromatic carbocycles. The van der Waals surface area contributed by atoms with Gasteiger partial charge in [-0.2, -0.15) is 0 Å². The molecule has 3 aromatic rings. The molecule has 0 aliphatic heterocycles. The fourth-order valence-electron chi connectivity index (χ4n) is 2.22. The number of aromatic amines is 1. The summed E-state index contributed by atoms with van der Waals surface area (Å²) in [4.78, 5) is 35.0. The van der Waals surface area contributed by atoms with Gasteiger partial charge in [0.2, 0.25) is 0 Å². The van der Waals surface area contributed by atoms with Gasteiger partial charge in [0.1, 0.15) is 5.56 Å². The average molecular weight is 280 g/mol. The van der Waals surface area contributed by atoms with E-state index < -0.39 is 11.5 Å². The number of fused-ring (bicyclic) bond motifs is 1. The van der Waals surface area contributed by atoms with Gasteiger partial charge in [0.05, 0.1) is 6.20 Å². The van der Waals surface area contributed by atoms with E-state index in [1.165, 1.54) is 18.6 Å². The minimum Gasteiger partial charge on any atom is -0.321 e. The Balaban J connectivity index is 2.08. The van der Waals surface area contributed by atoms with Crippen LogP contribution in [0.5, 0.6) is 0 Å². The van der Waals surface area contributed by atoms with Crippen LogP contribution in [0.2, 0.25) is 0 Å². The maximum Gasteiger partial charge on any atom is 0.262 e. The molecule has 2 N–H and O–H groups in total. The Kier molecular flexibility index (Phi) is 3.19. The van der Waals surface area contributed by atoms with Crippen molar-refractivity contribution < 1.29 is 4.79 Å². The van der Waals surface area contributed by atoms with Crippen LogP contribution in [0.15, 0.2) is 47.7 Å². The molecule has 0 unspecified atom stereocenters. The highest BCUT2D eigenvalue weighted by Gasteiger charge is 2.17. The summed E-state index contributed by atoms with van der Waals surface area (Å²) in [6.07, 6.45) is 4.39. The van der Waals surface area contributed by atoms with E-state index in [-0.39, 0.29) is 5.56 Å². The minimum absolute atomic E-state index is 0.0827. The average Bonchev–Trinajstić information content (AvgIpc) is 2.48. The molecule has 0 saturated carbocycles. The number of para-hydroxylation sites is 1. The first-order valence-corrected chi connectivity index (χ1v) is 6.36. The molecule has 0 radical (unpaired) electrons. The molecule has 0 aliphatic rings. The lowest BCUT2D eigenvalue weighted by molar-refractivity contribution is 0.102. The molecule has 0 aliphatic carbocycles. The van der Waals surface area contributed by atoms with Crippen molar-refractivity contribution in [3.05, 3.63) is 64.3 Å². The first kappa shape index (κ1) is 13.0. The number of benzene rings is 1. The van der Waals surface area contributed by atoms with E-state index in [9.17, 15) is 9.59 Å². The SMILES string of the molecule is Cc1c(C(=O)Nc2cnccn2)c(=O)[nH]c2ccccc12. The molecule has 21 heavy (non-hydrogen) atoms. The lowest BCUT2D eigenvalue weighted by Crippen LogP contribution is -2.25. The Hall–Kier alpha value is -3.02. The summed E-state index contributed by atoms with van der Waals surface area (Å²) in [6.45, 7) is 1.75. The zero-order chi connectivity index (χ0) is 14.8. The van der Waals surface area contributed by atoms with Crippen LogP contribution in [0.25, 0.3) is 10.9 Å². The van der Waals surface area contributed by atoms with Crippen molar-refractivity contribution in [2.45, 2.75) is 6.92 Å². The number of amides is 1. The molecule has 3 rings (SSSR count). The Morgan fingerprint density at radius 1 is 1.24 bits per heavy atom. The number of hydrogen-bond donors (Lipinski definition) is 2. The van der Waals surface area contributed by atoms with Crippen LogP contribution in [-0.2, 0) is 0 Å². The zero-order valence-electron chi connectivity index (χ0n) is 11.3. The Labute approximate surface area is 119 Å². The highest BCUT2D eigenvalue weighted by Crippen LogP contribution is 2.17. The van der Waals surface area contributed by atoms with Crippen molar-refractivity contribution in [2.24, 2.45) is 0 Å². The Morgan fingerprint density at radius 3 is 2.81 bits per heavy atom. The fraction of sp³-hybridized carbons (Fsp3) is 0.0667. The number of aromatic nitrogens is 3. The molecular weight excluding hydrogens is 268 g/mol. The summed E-state index contributed by atoms with van der Waals surface area (Å²) >= 11 is 0. The maximum atomic E-state index is 12.3. The number of pyridine rings is 1. The van der Waals surface area contributed by atoms with Crippen molar-refractivity contribution in [2.75, 3.05) is 5.32 Å². The van der Waals surface area contributed by atoms with E-state index in [0.29, 0.717) is 16.9 Å². The van der Waals surface area contributed by atoms with E-state index in [2.05, 4.69) is 20.3 Å². The molecule has 0 fully saturated rings. The smallest absolute Gasteiger partial charge is 0.262 e. The van der Waals surface area contributed by atoms with E-state index in [1.54, 1.807) is 13.0 Å². The van der Waals surface area contributed by atoms with Gasteiger partial charge in [0.15, 0.2) is 5.82 Å². The molecule has 6 nitrogen and oxygen atoms in total. The number of H-pyrrole nitrogens is 1. The Bertz CT molecular complexity index is 872. The van der Waals surface area contributed by atoms with Gasteiger partial charge in [-0.3, -0.25) is 14.6 Å². The van der Waals surface area contributed by atoms with Crippen molar-refractivity contribution in [3.63, 3.8) is 0 Å². The maximum absolute atomic E-state index is 12.3. The fourth-order valence-corrected chi connectivity index (χ4v) is 2.22. The molecule has 2 aromatic heterocycles. The highest BCUT2D eigenvalue weighted by molar-refractivity contribution is 6.06. The molecule has 1 amide bonds. The predicted molar refractivity (Wildman–Crippen MR) is 79.3 cm³/mol. The van der Waals surface area contributed by atoms with Crippen LogP contribution in [0.3, 0.4) is 0 Å². The molecule has 6 heteroatoms. The second kappa shape index (κ2) is 5.16. The van der Waals surface area contributed by atoms with Gasteiger partial charge in [-0.25, -0.2) is 4.98 Å². The first-order chi connectivity index (χ1) is 10.2. The summed E-state index contributed by atoms with van der Waals surface area (Å²) in [6, 6.07) is 7.35. The normalized spacial score (nSPS) is 10.5. The lowest BCUT2D eigenvalue weighted by atomic mass is 10.0. The van der Waals surface area contributed by atoms with Gasteiger partial charge < -0.3 is 10.3 Å². The van der Waals surface area contributed by atoms with Crippen molar-refractivity contribution in [3.8, 4) is 0 Å². The number of nitrogens with one attached hydrogen (secondary N) is 2. The number of aryl methyl sites for hydroxylation is 1. The van der Waals surface area contributed by atoms with Gasteiger partial charge in [-0.1, -0.05) is 18.2 Å². The summed E-state index contributed by atoms with van der Waals surface area (Å²) in [5, 5.41) is 3.41. The second-order valence-corrected chi connectivity index (χ2v) is 4.54. The van der Waals surface area contributed by atoms with E-state index in [4.69, 9.17) is 0 Å². The molecule has 0 atom stereocenters. The van der Waals surface area contributed by atoms with Gasteiger partial charge in [0, 0.05) is 23.3 Å². The van der Waals surface area contributed by atoms with E-state index in [0.717, 1.165) is 5.39 Å². The summed E-state index contributed by atoms with van der Waals surface area (Å²) in [5.74, 6) is -0.200. The summed E-state index contributed by atoms with van der Waals surface area (Å²) in [7, 11) is 0. The van der Waals surface area contributed by atoms with Crippen molar-refractivity contribution >= 4 is 22.6 Å². The van der Waals surface area contributed by atoms with Crippen LogP contribution >= 0.6 is 0 Å². The monoisotopic (exact) mass is 280 g/mol. The van der Waals surface area contributed by atoms with Gasteiger partial charge in [0.25, 0.3) is 11.5 Å². The van der Waals surface area contributed by atoms with Crippen LogP contribution < -0.4 is 10.9 Å².